The lowest BCUT2D eigenvalue weighted by Gasteiger charge is -2.20. The molecule has 0 fully saturated rings. The SMILES string of the molecule is Cc1nc(NC(Cn2cccn2)c2ccccc2)c2cnn(C)c2n1. The summed E-state index contributed by atoms with van der Waals surface area (Å²) in [5.41, 5.74) is 1.99. The van der Waals surface area contributed by atoms with Crippen molar-refractivity contribution in [2.24, 2.45) is 7.05 Å². The predicted molar refractivity (Wildman–Crippen MR) is 96.1 cm³/mol. The lowest BCUT2D eigenvalue weighted by molar-refractivity contribution is 0.550. The van der Waals surface area contributed by atoms with Crippen molar-refractivity contribution in [2.45, 2.75) is 19.5 Å². The van der Waals surface area contributed by atoms with Gasteiger partial charge in [-0.3, -0.25) is 9.36 Å². The molecule has 3 heterocycles. The summed E-state index contributed by atoms with van der Waals surface area (Å²) < 4.78 is 3.68. The second kappa shape index (κ2) is 6.35. The highest BCUT2D eigenvalue weighted by atomic mass is 15.3. The highest BCUT2D eigenvalue weighted by molar-refractivity contribution is 5.86. The maximum atomic E-state index is 4.60. The highest BCUT2D eigenvalue weighted by Gasteiger charge is 2.17. The topological polar surface area (TPSA) is 73.5 Å². The highest BCUT2D eigenvalue weighted by Crippen LogP contribution is 2.25. The molecule has 126 valence electrons. The molecule has 0 aliphatic heterocycles. The van der Waals surface area contributed by atoms with E-state index in [0.717, 1.165) is 16.9 Å². The third kappa shape index (κ3) is 3.08. The third-order valence-electron chi connectivity index (χ3n) is 4.15. The largest absolute Gasteiger partial charge is 0.361 e. The standard InChI is InChI=1S/C18H19N7/c1-13-21-17(15-11-20-24(2)18(15)22-13)23-16(12-25-10-6-9-19-25)14-7-4-3-5-8-14/h3-11,16H,12H2,1-2H3,(H,21,22,23). The number of anilines is 1. The van der Waals surface area contributed by atoms with Crippen LogP contribution in [0.1, 0.15) is 17.4 Å². The van der Waals surface area contributed by atoms with Crippen LogP contribution in [0.4, 0.5) is 5.82 Å². The Bertz CT molecular complexity index is 974. The molecule has 7 nitrogen and oxygen atoms in total. The van der Waals surface area contributed by atoms with Gasteiger partial charge in [0.15, 0.2) is 5.65 Å². The smallest absolute Gasteiger partial charge is 0.163 e. The first-order valence-corrected chi connectivity index (χ1v) is 8.16. The van der Waals surface area contributed by atoms with Crippen molar-refractivity contribution in [1.82, 2.24) is 29.5 Å². The fourth-order valence-corrected chi connectivity index (χ4v) is 2.92. The van der Waals surface area contributed by atoms with E-state index in [1.165, 1.54) is 5.56 Å². The molecule has 7 heteroatoms. The summed E-state index contributed by atoms with van der Waals surface area (Å²) in [4.78, 5) is 9.09. The molecule has 1 N–H and O–H groups in total. The summed E-state index contributed by atoms with van der Waals surface area (Å²) in [5, 5.41) is 13.1. The fraction of sp³-hybridized carbons (Fsp3) is 0.222. The second-order valence-corrected chi connectivity index (χ2v) is 5.96. The van der Waals surface area contributed by atoms with E-state index in [0.29, 0.717) is 12.4 Å². The van der Waals surface area contributed by atoms with Crippen molar-refractivity contribution < 1.29 is 0 Å². The predicted octanol–water partition coefficient (Wildman–Crippen LogP) is 2.72. The monoisotopic (exact) mass is 333 g/mol. The first-order chi connectivity index (χ1) is 12.2. The van der Waals surface area contributed by atoms with E-state index in [9.17, 15) is 0 Å². The zero-order valence-electron chi connectivity index (χ0n) is 14.2. The van der Waals surface area contributed by atoms with Crippen LogP contribution in [-0.4, -0.2) is 29.5 Å². The molecule has 0 amide bonds. The molecule has 0 saturated carbocycles. The van der Waals surface area contributed by atoms with Gasteiger partial charge in [-0.2, -0.15) is 10.2 Å². The van der Waals surface area contributed by atoms with Gasteiger partial charge < -0.3 is 5.32 Å². The average Bonchev–Trinajstić information content (AvgIpc) is 3.26. The van der Waals surface area contributed by atoms with E-state index >= 15 is 0 Å². The van der Waals surface area contributed by atoms with Crippen LogP contribution in [0.2, 0.25) is 0 Å². The number of hydrogen-bond acceptors (Lipinski definition) is 5. The van der Waals surface area contributed by atoms with Gasteiger partial charge in [-0.15, -0.1) is 0 Å². The van der Waals surface area contributed by atoms with Crippen molar-refractivity contribution >= 4 is 16.9 Å². The second-order valence-electron chi connectivity index (χ2n) is 5.96. The lowest BCUT2D eigenvalue weighted by Crippen LogP contribution is -2.19. The lowest BCUT2D eigenvalue weighted by atomic mass is 10.1. The van der Waals surface area contributed by atoms with Crippen LogP contribution in [0.5, 0.6) is 0 Å². The van der Waals surface area contributed by atoms with E-state index in [4.69, 9.17) is 0 Å². The van der Waals surface area contributed by atoms with Gasteiger partial charge >= 0.3 is 0 Å². The summed E-state index contributed by atoms with van der Waals surface area (Å²) in [6.45, 7) is 2.59. The van der Waals surface area contributed by atoms with E-state index < -0.39 is 0 Å². The number of benzene rings is 1. The van der Waals surface area contributed by atoms with Gasteiger partial charge in [0.2, 0.25) is 0 Å². The van der Waals surface area contributed by atoms with Crippen molar-refractivity contribution in [3.8, 4) is 0 Å². The number of aryl methyl sites for hydroxylation is 2. The first kappa shape index (κ1) is 15.3. The van der Waals surface area contributed by atoms with Gasteiger partial charge in [0.05, 0.1) is 24.2 Å². The van der Waals surface area contributed by atoms with Crippen molar-refractivity contribution in [3.63, 3.8) is 0 Å². The molecule has 3 aromatic heterocycles. The Morgan fingerprint density at radius 3 is 2.68 bits per heavy atom. The Labute approximate surface area is 145 Å². The normalized spacial score (nSPS) is 12.4. The molecular weight excluding hydrogens is 314 g/mol. The molecule has 4 aromatic rings. The minimum absolute atomic E-state index is 0.0267. The summed E-state index contributed by atoms with van der Waals surface area (Å²) in [6, 6.07) is 12.3. The van der Waals surface area contributed by atoms with Crippen molar-refractivity contribution in [2.75, 3.05) is 5.32 Å². The van der Waals surface area contributed by atoms with E-state index in [-0.39, 0.29) is 6.04 Å². The van der Waals surface area contributed by atoms with Crippen molar-refractivity contribution in [1.29, 1.82) is 0 Å². The average molecular weight is 333 g/mol. The molecule has 0 bridgehead atoms. The van der Waals surface area contributed by atoms with Crippen LogP contribution in [0, 0.1) is 6.92 Å². The Balaban J connectivity index is 1.74. The van der Waals surface area contributed by atoms with Crippen LogP contribution in [0.15, 0.2) is 55.0 Å². The fourth-order valence-electron chi connectivity index (χ4n) is 2.92. The molecule has 0 saturated heterocycles. The zero-order valence-corrected chi connectivity index (χ0v) is 14.2. The molecule has 0 aliphatic carbocycles. The number of hydrogen-bond donors (Lipinski definition) is 1. The summed E-state index contributed by atoms with van der Waals surface area (Å²) in [6.07, 6.45) is 5.55. The number of nitrogens with zero attached hydrogens (tertiary/aromatic N) is 6. The van der Waals surface area contributed by atoms with E-state index in [1.54, 1.807) is 17.1 Å². The molecule has 1 unspecified atom stereocenters. The number of nitrogens with one attached hydrogen (secondary N) is 1. The molecule has 4 rings (SSSR count). The van der Waals surface area contributed by atoms with E-state index in [1.807, 2.05) is 49.1 Å². The minimum atomic E-state index is 0.0267. The van der Waals surface area contributed by atoms with Crippen LogP contribution in [-0.2, 0) is 13.6 Å². The quantitative estimate of drug-likeness (QED) is 0.608. The Kier molecular flexibility index (Phi) is 3.89. The van der Waals surface area contributed by atoms with Gasteiger partial charge in [0.1, 0.15) is 11.6 Å². The molecule has 0 aliphatic rings. The third-order valence-corrected chi connectivity index (χ3v) is 4.15. The number of rotatable bonds is 5. The molecule has 0 radical (unpaired) electrons. The number of fused-ring (bicyclic) bond motifs is 1. The van der Waals surface area contributed by atoms with Crippen LogP contribution < -0.4 is 5.32 Å². The zero-order chi connectivity index (χ0) is 17.2. The van der Waals surface area contributed by atoms with E-state index in [2.05, 4.69) is 37.6 Å². The molecule has 0 spiro atoms. The molecular formula is C18H19N7. The van der Waals surface area contributed by atoms with Gasteiger partial charge in [-0.1, -0.05) is 30.3 Å². The Hall–Kier alpha value is -3.22. The maximum absolute atomic E-state index is 4.60. The molecule has 1 aromatic carbocycles. The summed E-state index contributed by atoms with van der Waals surface area (Å²) in [5.74, 6) is 1.50. The Morgan fingerprint density at radius 2 is 1.92 bits per heavy atom. The van der Waals surface area contributed by atoms with Crippen LogP contribution >= 0.6 is 0 Å². The minimum Gasteiger partial charge on any atom is -0.361 e. The van der Waals surface area contributed by atoms with Gasteiger partial charge in [0, 0.05) is 19.4 Å². The van der Waals surface area contributed by atoms with Crippen LogP contribution in [0.25, 0.3) is 11.0 Å². The van der Waals surface area contributed by atoms with Gasteiger partial charge in [-0.25, -0.2) is 9.97 Å². The molecule has 25 heavy (non-hydrogen) atoms. The van der Waals surface area contributed by atoms with Gasteiger partial charge in [0.25, 0.3) is 0 Å². The van der Waals surface area contributed by atoms with Gasteiger partial charge in [-0.05, 0) is 18.6 Å². The van der Waals surface area contributed by atoms with Crippen molar-refractivity contribution in [3.05, 3.63) is 66.4 Å². The van der Waals surface area contributed by atoms with Crippen LogP contribution in [0.3, 0.4) is 0 Å². The Morgan fingerprint density at radius 1 is 1.08 bits per heavy atom. The first-order valence-electron chi connectivity index (χ1n) is 8.16. The number of aromatic nitrogens is 6. The summed E-state index contributed by atoms with van der Waals surface area (Å²) in [7, 11) is 1.89. The molecule has 1 atom stereocenters. The maximum Gasteiger partial charge on any atom is 0.163 e. The summed E-state index contributed by atoms with van der Waals surface area (Å²) >= 11 is 0.